The Balaban J connectivity index is 1.76. The number of aromatic nitrogens is 2. The van der Waals surface area contributed by atoms with Crippen molar-refractivity contribution in [3.8, 4) is 22.8 Å². The second-order valence-corrected chi connectivity index (χ2v) is 7.76. The van der Waals surface area contributed by atoms with Crippen molar-refractivity contribution in [2.75, 3.05) is 20.3 Å². The van der Waals surface area contributed by atoms with E-state index in [1.807, 2.05) is 22.6 Å². The molecule has 2 N–H and O–H groups in total. The summed E-state index contributed by atoms with van der Waals surface area (Å²) in [5.41, 5.74) is 2.77. The number of amides is 1. The Hall–Kier alpha value is -3.68. The van der Waals surface area contributed by atoms with Crippen LogP contribution in [0.3, 0.4) is 0 Å². The number of H-pyrrole nitrogens is 1. The van der Waals surface area contributed by atoms with Crippen LogP contribution in [0.15, 0.2) is 44.6 Å². The minimum atomic E-state index is -0.612. The van der Waals surface area contributed by atoms with Gasteiger partial charge in [0.2, 0.25) is 0 Å². The maximum Gasteiger partial charge on any atom is 0.345 e. The van der Waals surface area contributed by atoms with Gasteiger partial charge in [-0.1, -0.05) is 0 Å². The first-order chi connectivity index (χ1) is 16.3. The average molecular weight is 580 g/mol. The number of hydrazone groups is 1. The van der Waals surface area contributed by atoms with Crippen molar-refractivity contribution in [3.63, 3.8) is 0 Å². The molecule has 0 spiro atoms. The van der Waals surface area contributed by atoms with E-state index in [0.717, 1.165) is 0 Å². The van der Waals surface area contributed by atoms with Gasteiger partial charge in [0.25, 0.3) is 5.91 Å². The molecule has 0 atom stereocenters. The Labute approximate surface area is 207 Å². The van der Waals surface area contributed by atoms with E-state index in [1.165, 1.54) is 13.3 Å². The Bertz CT molecular complexity index is 1280. The third-order valence-electron chi connectivity index (χ3n) is 4.37. The standard InChI is InChI=1S/C22H21IN4O7/c1-4-32-21(29)19-12(2)25-22(30)26-20(19)13-5-7-15(16(9-13)31-3)33-11-18(28)27-24-10-14-6-8-17(23)34-14/h5-10H,4,11H2,1-3H3,(H,27,28)(H,25,26,30)/b24-10-. The van der Waals surface area contributed by atoms with Crippen molar-refractivity contribution in [2.45, 2.75) is 13.8 Å². The number of nitrogens with one attached hydrogen (secondary N) is 2. The van der Waals surface area contributed by atoms with Crippen LogP contribution in [0.4, 0.5) is 0 Å². The second kappa shape index (κ2) is 11.4. The molecule has 0 saturated heterocycles. The number of carbonyl (C=O) groups is 2. The third kappa shape index (κ3) is 6.21. The topological polar surface area (TPSA) is 145 Å². The van der Waals surface area contributed by atoms with Crippen molar-refractivity contribution >= 4 is 40.7 Å². The van der Waals surface area contributed by atoms with E-state index in [9.17, 15) is 14.4 Å². The molecule has 34 heavy (non-hydrogen) atoms. The van der Waals surface area contributed by atoms with Crippen LogP contribution in [0.25, 0.3) is 11.3 Å². The van der Waals surface area contributed by atoms with Crippen LogP contribution in [-0.4, -0.2) is 48.4 Å². The molecule has 0 aliphatic heterocycles. The number of aryl methyl sites for hydroxylation is 1. The molecule has 2 aromatic heterocycles. The molecular formula is C22H21IN4O7. The van der Waals surface area contributed by atoms with Crippen molar-refractivity contribution in [1.29, 1.82) is 0 Å². The summed E-state index contributed by atoms with van der Waals surface area (Å²) in [5.74, 6) is -0.0768. The summed E-state index contributed by atoms with van der Waals surface area (Å²) < 4.78 is 22.0. The van der Waals surface area contributed by atoms with Crippen LogP contribution in [0.2, 0.25) is 0 Å². The van der Waals surface area contributed by atoms with E-state index < -0.39 is 17.6 Å². The molecule has 12 heteroatoms. The number of esters is 1. The monoisotopic (exact) mass is 580 g/mol. The first-order valence-electron chi connectivity index (χ1n) is 9.98. The number of carbonyl (C=O) groups excluding carboxylic acids is 2. The van der Waals surface area contributed by atoms with Gasteiger partial charge in [-0.3, -0.25) is 4.79 Å². The van der Waals surface area contributed by atoms with Crippen LogP contribution in [-0.2, 0) is 9.53 Å². The maximum atomic E-state index is 12.4. The minimum Gasteiger partial charge on any atom is -0.493 e. The lowest BCUT2D eigenvalue weighted by Crippen LogP contribution is -2.24. The lowest BCUT2D eigenvalue weighted by Gasteiger charge is -2.14. The minimum absolute atomic E-state index is 0.139. The number of furan rings is 1. The highest BCUT2D eigenvalue weighted by atomic mass is 127. The molecule has 2 heterocycles. The molecule has 0 saturated carbocycles. The maximum absolute atomic E-state index is 12.4. The molecule has 0 aliphatic rings. The van der Waals surface area contributed by atoms with E-state index >= 15 is 0 Å². The van der Waals surface area contributed by atoms with Gasteiger partial charge in [0.05, 0.1) is 25.6 Å². The zero-order chi connectivity index (χ0) is 24.7. The molecule has 3 rings (SSSR count). The van der Waals surface area contributed by atoms with E-state index in [-0.39, 0.29) is 36.0 Å². The molecule has 0 bridgehead atoms. The summed E-state index contributed by atoms with van der Waals surface area (Å²) in [6, 6.07) is 8.17. The first-order valence-corrected chi connectivity index (χ1v) is 11.1. The molecule has 3 aromatic rings. The molecule has 11 nitrogen and oxygen atoms in total. The fourth-order valence-electron chi connectivity index (χ4n) is 2.92. The molecule has 178 valence electrons. The largest absolute Gasteiger partial charge is 0.493 e. The quantitative estimate of drug-likeness (QED) is 0.170. The van der Waals surface area contributed by atoms with Crippen molar-refractivity contribution in [2.24, 2.45) is 5.10 Å². The third-order valence-corrected chi connectivity index (χ3v) is 4.95. The summed E-state index contributed by atoms with van der Waals surface area (Å²) in [5, 5.41) is 3.80. The fourth-order valence-corrected chi connectivity index (χ4v) is 3.36. The molecule has 1 aromatic carbocycles. The van der Waals surface area contributed by atoms with Gasteiger partial charge in [-0.05, 0) is 66.8 Å². The van der Waals surface area contributed by atoms with E-state index in [1.54, 1.807) is 44.2 Å². The van der Waals surface area contributed by atoms with Gasteiger partial charge in [-0.15, -0.1) is 0 Å². The van der Waals surface area contributed by atoms with Crippen LogP contribution in [0.1, 0.15) is 28.7 Å². The van der Waals surface area contributed by atoms with Gasteiger partial charge >= 0.3 is 11.7 Å². The Morgan fingerprint density at radius 3 is 2.74 bits per heavy atom. The zero-order valence-electron chi connectivity index (χ0n) is 18.5. The fraction of sp³-hybridized carbons (Fsp3) is 0.227. The molecule has 0 radical (unpaired) electrons. The lowest BCUT2D eigenvalue weighted by atomic mass is 10.0. The van der Waals surface area contributed by atoms with Crippen molar-refractivity contribution in [1.82, 2.24) is 15.4 Å². The van der Waals surface area contributed by atoms with Gasteiger partial charge in [0, 0.05) is 11.3 Å². The average Bonchev–Trinajstić information content (AvgIpc) is 3.22. The number of methoxy groups -OCH3 is 1. The summed E-state index contributed by atoms with van der Waals surface area (Å²) in [6.45, 7) is 3.10. The zero-order valence-corrected chi connectivity index (χ0v) is 20.7. The molecule has 1 amide bonds. The number of nitrogens with zero attached hydrogens (tertiary/aromatic N) is 2. The highest BCUT2D eigenvalue weighted by Crippen LogP contribution is 2.33. The number of hydrogen-bond acceptors (Lipinski definition) is 9. The van der Waals surface area contributed by atoms with E-state index in [0.29, 0.717) is 20.8 Å². The predicted octanol–water partition coefficient (Wildman–Crippen LogP) is 2.66. The Morgan fingerprint density at radius 1 is 1.26 bits per heavy atom. The first kappa shape index (κ1) is 25.0. The number of aromatic amines is 1. The number of ether oxygens (including phenoxy) is 3. The summed E-state index contributed by atoms with van der Waals surface area (Å²) >= 11 is 2.02. The normalized spacial score (nSPS) is 10.8. The highest BCUT2D eigenvalue weighted by Gasteiger charge is 2.21. The number of benzene rings is 1. The summed E-state index contributed by atoms with van der Waals surface area (Å²) in [6.07, 6.45) is 1.37. The lowest BCUT2D eigenvalue weighted by molar-refractivity contribution is -0.123. The van der Waals surface area contributed by atoms with Crippen LogP contribution < -0.4 is 20.6 Å². The Morgan fingerprint density at radius 2 is 2.06 bits per heavy atom. The SMILES string of the molecule is CCOC(=O)c1c(-c2ccc(OCC(=O)N/N=C\c3ccc(I)o3)c(OC)c2)nc(=O)[nH]c1C. The van der Waals surface area contributed by atoms with Crippen LogP contribution >= 0.6 is 22.6 Å². The van der Waals surface area contributed by atoms with Crippen LogP contribution in [0.5, 0.6) is 11.5 Å². The molecule has 0 fully saturated rings. The summed E-state index contributed by atoms with van der Waals surface area (Å²) in [7, 11) is 1.42. The molecule has 0 aliphatic carbocycles. The van der Waals surface area contributed by atoms with Gasteiger partial charge in [-0.25, -0.2) is 15.0 Å². The van der Waals surface area contributed by atoms with Crippen molar-refractivity contribution < 1.29 is 28.2 Å². The van der Waals surface area contributed by atoms with E-state index in [4.69, 9.17) is 18.6 Å². The molecular weight excluding hydrogens is 559 g/mol. The van der Waals surface area contributed by atoms with Crippen molar-refractivity contribution in [3.05, 3.63) is 61.6 Å². The van der Waals surface area contributed by atoms with Gasteiger partial charge in [0.1, 0.15) is 11.3 Å². The summed E-state index contributed by atoms with van der Waals surface area (Å²) in [4.78, 5) is 42.9. The van der Waals surface area contributed by atoms with Gasteiger partial charge in [0.15, 0.2) is 21.9 Å². The van der Waals surface area contributed by atoms with E-state index in [2.05, 4.69) is 20.5 Å². The number of halogens is 1. The van der Waals surface area contributed by atoms with Gasteiger partial charge < -0.3 is 23.6 Å². The Kier molecular flexibility index (Phi) is 8.40. The number of hydrogen-bond donors (Lipinski definition) is 2. The highest BCUT2D eigenvalue weighted by molar-refractivity contribution is 14.1. The predicted molar refractivity (Wildman–Crippen MR) is 130 cm³/mol. The molecule has 0 unspecified atom stereocenters. The van der Waals surface area contributed by atoms with Gasteiger partial charge in [-0.2, -0.15) is 10.1 Å². The van der Waals surface area contributed by atoms with Crippen LogP contribution in [0, 0.1) is 10.7 Å². The number of rotatable bonds is 9. The smallest absolute Gasteiger partial charge is 0.345 e. The second-order valence-electron chi connectivity index (χ2n) is 6.70.